The Balaban J connectivity index is 2.09. The van der Waals surface area contributed by atoms with Gasteiger partial charge in [-0.3, -0.25) is 4.79 Å². The van der Waals surface area contributed by atoms with E-state index in [-0.39, 0.29) is 32.3 Å². The zero-order valence-corrected chi connectivity index (χ0v) is 20.2. The fourth-order valence-electron chi connectivity index (χ4n) is 2.98. The predicted octanol–water partition coefficient (Wildman–Crippen LogP) is 4.96. The molecule has 0 radical (unpaired) electrons. The number of hydrogen-bond acceptors (Lipinski definition) is 7. The zero-order chi connectivity index (χ0) is 24.4. The molecule has 2 heterocycles. The molecule has 0 fully saturated rings. The van der Waals surface area contributed by atoms with E-state index in [1.807, 2.05) is 0 Å². The lowest BCUT2D eigenvalue weighted by Crippen LogP contribution is -2.33. The Bertz CT molecular complexity index is 1300. The number of benzene rings is 1. The van der Waals surface area contributed by atoms with E-state index in [0.717, 1.165) is 11.3 Å². The molecule has 174 valence electrons. The number of halogens is 1. The van der Waals surface area contributed by atoms with Gasteiger partial charge in [-0.15, -0.1) is 11.3 Å². The highest BCUT2D eigenvalue weighted by molar-refractivity contribution is 7.93. The maximum Gasteiger partial charge on any atom is 0.410 e. The summed E-state index contributed by atoms with van der Waals surface area (Å²) in [6.07, 6.45) is 1.24. The highest BCUT2D eigenvalue weighted by atomic mass is 32.2. The Morgan fingerprint density at radius 2 is 1.91 bits per heavy atom. The maximum absolute atomic E-state index is 14.5. The molecule has 0 N–H and O–H groups in total. The normalized spacial score (nSPS) is 11.8. The second-order valence-electron chi connectivity index (χ2n) is 8.29. The Hall–Kier alpha value is -3.11. The molecule has 0 spiro atoms. The lowest BCUT2D eigenvalue weighted by atomic mass is 10.1. The van der Waals surface area contributed by atoms with Gasteiger partial charge in [0.1, 0.15) is 16.1 Å². The second kappa shape index (κ2) is 9.40. The smallest absolute Gasteiger partial charge is 0.410 e. The van der Waals surface area contributed by atoms with Gasteiger partial charge < -0.3 is 9.64 Å². The van der Waals surface area contributed by atoms with Crippen molar-refractivity contribution in [2.24, 2.45) is 0 Å². The van der Waals surface area contributed by atoms with Crippen molar-refractivity contribution in [3.05, 3.63) is 65.0 Å². The summed E-state index contributed by atoms with van der Waals surface area (Å²) in [5.41, 5.74) is -0.338. The average molecular weight is 491 g/mol. The standard InChI is InChI=1S/C23H23FN2O5S2/c1-23(2,3)31-22(28)26(4)13-16-12-19(18-9-6-10-25-20(18)24)21(32-16)33(29,30)17-8-5-7-15(11-17)14-27/h5-12,14H,13H2,1-4H3. The molecule has 0 atom stereocenters. The molecule has 0 saturated heterocycles. The van der Waals surface area contributed by atoms with Crippen molar-refractivity contribution in [2.75, 3.05) is 7.05 Å². The molecule has 0 unspecified atom stereocenters. The van der Waals surface area contributed by atoms with E-state index in [1.54, 1.807) is 20.8 Å². The van der Waals surface area contributed by atoms with Crippen LogP contribution in [0.4, 0.5) is 9.18 Å². The molecule has 0 aliphatic carbocycles. The van der Waals surface area contributed by atoms with E-state index in [9.17, 15) is 22.4 Å². The number of amides is 1. The lowest BCUT2D eigenvalue weighted by molar-refractivity contribution is 0.0286. The fraction of sp³-hybridized carbons (Fsp3) is 0.261. The summed E-state index contributed by atoms with van der Waals surface area (Å²) in [4.78, 5) is 28.9. The van der Waals surface area contributed by atoms with Crippen LogP contribution in [0.25, 0.3) is 11.1 Å². The molecular weight excluding hydrogens is 467 g/mol. The number of nitrogens with zero attached hydrogens (tertiary/aromatic N) is 2. The molecule has 33 heavy (non-hydrogen) atoms. The Kier molecular flexibility index (Phi) is 6.99. The maximum atomic E-state index is 14.5. The van der Waals surface area contributed by atoms with Crippen LogP contribution in [-0.4, -0.2) is 43.3 Å². The largest absolute Gasteiger partial charge is 0.444 e. The number of pyridine rings is 1. The number of ether oxygens (including phenoxy) is 1. The summed E-state index contributed by atoms with van der Waals surface area (Å²) in [6, 6.07) is 10.1. The van der Waals surface area contributed by atoms with Gasteiger partial charge in [0.05, 0.1) is 11.4 Å². The minimum Gasteiger partial charge on any atom is -0.444 e. The molecule has 0 bridgehead atoms. The first-order valence-corrected chi connectivity index (χ1v) is 12.2. The molecule has 10 heteroatoms. The summed E-state index contributed by atoms with van der Waals surface area (Å²) in [5.74, 6) is -0.819. The number of aldehydes is 1. The van der Waals surface area contributed by atoms with Crippen LogP contribution in [0.3, 0.4) is 0 Å². The monoisotopic (exact) mass is 490 g/mol. The molecule has 2 aromatic heterocycles. The van der Waals surface area contributed by atoms with Crippen molar-refractivity contribution < 1.29 is 27.1 Å². The number of aromatic nitrogens is 1. The van der Waals surface area contributed by atoms with E-state index in [0.29, 0.717) is 11.2 Å². The number of sulfone groups is 1. The van der Waals surface area contributed by atoms with Crippen molar-refractivity contribution in [3.8, 4) is 11.1 Å². The van der Waals surface area contributed by atoms with E-state index in [2.05, 4.69) is 4.98 Å². The molecule has 1 aromatic carbocycles. The van der Waals surface area contributed by atoms with E-state index in [4.69, 9.17) is 4.74 Å². The third-order valence-corrected chi connectivity index (χ3v) is 7.85. The van der Waals surface area contributed by atoms with Crippen LogP contribution in [0.1, 0.15) is 36.0 Å². The van der Waals surface area contributed by atoms with E-state index in [1.165, 1.54) is 60.6 Å². The van der Waals surface area contributed by atoms with Gasteiger partial charge in [-0.1, -0.05) is 12.1 Å². The first kappa shape index (κ1) is 24.5. The van der Waals surface area contributed by atoms with E-state index < -0.39 is 27.5 Å². The van der Waals surface area contributed by atoms with Gasteiger partial charge in [0.25, 0.3) is 0 Å². The highest BCUT2D eigenvalue weighted by Crippen LogP contribution is 2.39. The van der Waals surface area contributed by atoms with Crippen molar-refractivity contribution in [2.45, 2.75) is 42.0 Å². The molecular formula is C23H23FN2O5S2. The van der Waals surface area contributed by atoms with Crippen molar-refractivity contribution in [1.29, 1.82) is 0 Å². The number of rotatable bonds is 6. The topological polar surface area (TPSA) is 93.6 Å². The van der Waals surface area contributed by atoms with Gasteiger partial charge in [0, 0.05) is 34.8 Å². The summed E-state index contributed by atoms with van der Waals surface area (Å²) < 4.78 is 46.7. The van der Waals surface area contributed by atoms with Crippen LogP contribution in [0, 0.1) is 5.95 Å². The van der Waals surface area contributed by atoms with Gasteiger partial charge in [0.2, 0.25) is 15.8 Å². The van der Waals surface area contributed by atoms with Crippen molar-refractivity contribution in [1.82, 2.24) is 9.88 Å². The van der Waals surface area contributed by atoms with Crippen LogP contribution in [0.2, 0.25) is 0 Å². The van der Waals surface area contributed by atoms with Gasteiger partial charge in [-0.25, -0.2) is 18.2 Å². The third-order valence-electron chi connectivity index (χ3n) is 4.45. The molecule has 3 aromatic rings. The summed E-state index contributed by atoms with van der Waals surface area (Å²) in [6.45, 7) is 5.28. The third kappa shape index (κ3) is 5.63. The Morgan fingerprint density at radius 1 is 1.18 bits per heavy atom. The average Bonchev–Trinajstić information content (AvgIpc) is 3.17. The number of hydrogen-bond donors (Lipinski definition) is 0. The van der Waals surface area contributed by atoms with Crippen LogP contribution >= 0.6 is 11.3 Å². The number of carbonyl (C=O) groups is 2. The Labute approximate surface area is 195 Å². The minimum absolute atomic E-state index is 0.0186. The quantitative estimate of drug-likeness (QED) is 0.358. The molecule has 0 aliphatic rings. The van der Waals surface area contributed by atoms with Crippen molar-refractivity contribution in [3.63, 3.8) is 0 Å². The zero-order valence-electron chi connectivity index (χ0n) is 18.5. The summed E-state index contributed by atoms with van der Waals surface area (Å²) in [5, 5.41) is 0. The van der Waals surface area contributed by atoms with Crippen molar-refractivity contribution >= 4 is 33.6 Å². The number of thiophene rings is 1. The first-order valence-electron chi connectivity index (χ1n) is 9.90. The van der Waals surface area contributed by atoms with Gasteiger partial charge in [0.15, 0.2) is 0 Å². The lowest BCUT2D eigenvalue weighted by Gasteiger charge is -2.24. The van der Waals surface area contributed by atoms with Crippen LogP contribution in [0.15, 0.2) is 57.8 Å². The fourth-order valence-corrected chi connectivity index (χ4v) is 6.20. The van der Waals surface area contributed by atoms with E-state index >= 15 is 0 Å². The molecule has 0 saturated carbocycles. The Morgan fingerprint density at radius 3 is 2.55 bits per heavy atom. The first-order chi connectivity index (χ1) is 15.4. The highest BCUT2D eigenvalue weighted by Gasteiger charge is 2.28. The van der Waals surface area contributed by atoms with Gasteiger partial charge in [-0.05, 0) is 51.1 Å². The van der Waals surface area contributed by atoms with Gasteiger partial charge >= 0.3 is 6.09 Å². The molecule has 0 aliphatic heterocycles. The summed E-state index contributed by atoms with van der Waals surface area (Å²) >= 11 is 0.922. The second-order valence-corrected chi connectivity index (χ2v) is 11.6. The molecule has 1 amide bonds. The number of carbonyl (C=O) groups excluding carboxylic acids is 2. The predicted molar refractivity (Wildman–Crippen MR) is 122 cm³/mol. The summed E-state index contributed by atoms with van der Waals surface area (Å²) in [7, 11) is -2.57. The molecule has 7 nitrogen and oxygen atoms in total. The van der Waals surface area contributed by atoms with Crippen LogP contribution in [0.5, 0.6) is 0 Å². The molecule has 3 rings (SSSR count). The van der Waals surface area contributed by atoms with Crippen LogP contribution < -0.4 is 0 Å². The van der Waals surface area contributed by atoms with Crippen LogP contribution in [-0.2, 0) is 21.1 Å². The SMILES string of the molecule is CN(Cc1cc(-c2cccnc2F)c(S(=O)(=O)c2cccc(C=O)c2)s1)C(=O)OC(C)(C)C. The minimum atomic E-state index is -4.10. The van der Waals surface area contributed by atoms with Gasteiger partial charge in [-0.2, -0.15) is 4.39 Å².